The van der Waals surface area contributed by atoms with E-state index < -0.39 is 0 Å². The van der Waals surface area contributed by atoms with Crippen molar-refractivity contribution in [1.29, 1.82) is 0 Å². The summed E-state index contributed by atoms with van der Waals surface area (Å²) in [6.07, 6.45) is 4.66. The van der Waals surface area contributed by atoms with Crippen LogP contribution in [0.1, 0.15) is 55.7 Å². The van der Waals surface area contributed by atoms with Gasteiger partial charge in [0.05, 0.1) is 19.4 Å². The Morgan fingerprint density at radius 1 is 1.19 bits per heavy atom. The second-order valence-electron chi connectivity index (χ2n) is 7.78. The first-order valence-corrected chi connectivity index (χ1v) is 11.8. The van der Waals surface area contributed by atoms with Gasteiger partial charge in [0.2, 0.25) is 5.91 Å². The summed E-state index contributed by atoms with van der Waals surface area (Å²) in [5.74, 6) is 2.04. The third kappa shape index (κ3) is 6.22. The molecule has 1 aromatic carbocycles. The SMILES string of the molecule is CCn1c(CNC(=O)c2ccc(OC)cc2)nnc1SCC(=O)N[C@@H]1CCCC[C@H]1C. The molecule has 0 saturated heterocycles. The summed E-state index contributed by atoms with van der Waals surface area (Å²) in [6.45, 7) is 5.12. The highest BCUT2D eigenvalue weighted by Gasteiger charge is 2.23. The fourth-order valence-corrected chi connectivity index (χ4v) is 4.62. The van der Waals surface area contributed by atoms with E-state index in [-0.39, 0.29) is 24.4 Å². The van der Waals surface area contributed by atoms with Crippen LogP contribution in [-0.2, 0) is 17.9 Å². The first kappa shape index (κ1) is 23.1. The Hall–Kier alpha value is -2.55. The number of rotatable bonds is 9. The van der Waals surface area contributed by atoms with Crippen LogP contribution < -0.4 is 15.4 Å². The second-order valence-corrected chi connectivity index (χ2v) is 8.72. The highest BCUT2D eigenvalue weighted by molar-refractivity contribution is 7.99. The van der Waals surface area contributed by atoms with E-state index in [1.165, 1.54) is 31.0 Å². The molecule has 1 aliphatic rings. The Labute approximate surface area is 187 Å². The number of benzene rings is 1. The lowest BCUT2D eigenvalue weighted by atomic mass is 9.86. The quantitative estimate of drug-likeness (QED) is 0.576. The van der Waals surface area contributed by atoms with Crippen LogP contribution in [-0.4, -0.2) is 45.5 Å². The van der Waals surface area contributed by atoms with Crippen LogP contribution >= 0.6 is 11.8 Å². The molecule has 0 bridgehead atoms. The zero-order valence-electron chi connectivity index (χ0n) is 18.4. The monoisotopic (exact) mass is 445 g/mol. The number of nitrogens with zero attached hydrogens (tertiary/aromatic N) is 3. The minimum absolute atomic E-state index is 0.0313. The summed E-state index contributed by atoms with van der Waals surface area (Å²) in [7, 11) is 1.59. The van der Waals surface area contributed by atoms with Crippen molar-refractivity contribution in [1.82, 2.24) is 25.4 Å². The van der Waals surface area contributed by atoms with Crippen molar-refractivity contribution in [2.45, 2.75) is 63.8 Å². The largest absolute Gasteiger partial charge is 0.497 e. The third-order valence-electron chi connectivity index (χ3n) is 5.66. The molecule has 1 aromatic heterocycles. The smallest absolute Gasteiger partial charge is 0.251 e. The molecular weight excluding hydrogens is 414 g/mol. The van der Waals surface area contributed by atoms with Gasteiger partial charge in [0.25, 0.3) is 5.91 Å². The zero-order valence-corrected chi connectivity index (χ0v) is 19.2. The van der Waals surface area contributed by atoms with Gasteiger partial charge in [-0.05, 0) is 49.9 Å². The van der Waals surface area contributed by atoms with Gasteiger partial charge in [0, 0.05) is 18.2 Å². The molecule has 1 heterocycles. The van der Waals surface area contributed by atoms with Crippen molar-refractivity contribution in [3.8, 4) is 5.75 Å². The molecule has 8 nitrogen and oxygen atoms in total. The van der Waals surface area contributed by atoms with Crippen molar-refractivity contribution in [2.75, 3.05) is 12.9 Å². The predicted molar refractivity (Wildman–Crippen MR) is 120 cm³/mol. The summed E-state index contributed by atoms with van der Waals surface area (Å²) in [6, 6.07) is 7.20. The molecule has 0 spiro atoms. The predicted octanol–water partition coefficient (Wildman–Crippen LogP) is 3.02. The van der Waals surface area contributed by atoms with E-state index in [0.717, 1.165) is 6.42 Å². The maximum Gasteiger partial charge on any atom is 0.251 e. The molecule has 9 heteroatoms. The maximum atomic E-state index is 12.4. The minimum atomic E-state index is -0.191. The Bertz CT molecular complexity index is 884. The van der Waals surface area contributed by atoms with E-state index in [4.69, 9.17) is 4.74 Å². The fraction of sp³-hybridized carbons (Fsp3) is 0.545. The van der Waals surface area contributed by atoms with Crippen LogP contribution in [0, 0.1) is 5.92 Å². The van der Waals surface area contributed by atoms with Gasteiger partial charge in [-0.15, -0.1) is 10.2 Å². The molecule has 0 unspecified atom stereocenters. The molecule has 2 N–H and O–H groups in total. The Morgan fingerprint density at radius 2 is 1.94 bits per heavy atom. The second kappa shape index (κ2) is 11.2. The summed E-state index contributed by atoms with van der Waals surface area (Å²) < 4.78 is 7.04. The van der Waals surface area contributed by atoms with Gasteiger partial charge in [-0.1, -0.05) is 31.5 Å². The summed E-state index contributed by atoms with van der Waals surface area (Å²) in [5.41, 5.74) is 0.548. The van der Waals surface area contributed by atoms with Gasteiger partial charge in [-0.25, -0.2) is 0 Å². The molecule has 0 radical (unpaired) electrons. The van der Waals surface area contributed by atoms with Gasteiger partial charge in [-0.2, -0.15) is 0 Å². The van der Waals surface area contributed by atoms with Crippen LogP contribution in [0.3, 0.4) is 0 Å². The number of hydrogen-bond acceptors (Lipinski definition) is 6. The van der Waals surface area contributed by atoms with E-state index >= 15 is 0 Å². The zero-order chi connectivity index (χ0) is 22.2. The average molecular weight is 446 g/mol. The number of methoxy groups -OCH3 is 1. The number of hydrogen-bond donors (Lipinski definition) is 2. The third-order valence-corrected chi connectivity index (χ3v) is 6.63. The lowest BCUT2D eigenvalue weighted by molar-refractivity contribution is -0.119. The van der Waals surface area contributed by atoms with Crippen LogP contribution in [0.4, 0.5) is 0 Å². The Kier molecular flexibility index (Phi) is 8.34. The van der Waals surface area contributed by atoms with E-state index in [9.17, 15) is 9.59 Å². The van der Waals surface area contributed by atoms with Gasteiger partial charge >= 0.3 is 0 Å². The Morgan fingerprint density at radius 3 is 2.61 bits per heavy atom. The van der Waals surface area contributed by atoms with Gasteiger partial charge in [0.1, 0.15) is 5.75 Å². The van der Waals surface area contributed by atoms with Crippen molar-refractivity contribution in [2.24, 2.45) is 5.92 Å². The number of amides is 2. The number of thioether (sulfide) groups is 1. The normalized spacial score (nSPS) is 18.4. The van der Waals surface area contributed by atoms with Gasteiger partial charge < -0.3 is 19.9 Å². The highest BCUT2D eigenvalue weighted by Crippen LogP contribution is 2.24. The fourth-order valence-electron chi connectivity index (χ4n) is 3.79. The molecule has 2 amide bonds. The highest BCUT2D eigenvalue weighted by atomic mass is 32.2. The molecule has 3 rings (SSSR count). The molecular formula is C22H31N5O3S. The number of aromatic nitrogens is 3. The minimum Gasteiger partial charge on any atom is -0.497 e. The standard InChI is InChI=1S/C22H31N5O3S/c1-4-27-19(13-23-21(29)16-9-11-17(30-3)12-10-16)25-26-22(27)31-14-20(28)24-18-8-6-5-7-15(18)2/h9-12,15,18H,4-8,13-14H2,1-3H3,(H,23,29)(H,24,28)/t15-,18-/m1/s1. The molecule has 168 valence electrons. The van der Waals surface area contributed by atoms with Crippen molar-refractivity contribution < 1.29 is 14.3 Å². The van der Waals surface area contributed by atoms with Crippen LogP contribution in [0.15, 0.2) is 29.4 Å². The molecule has 2 aromatic rings. The molecule has 0 aliphatic heterocycles. The number of ether oxygens (including phenoxy) is 1. The molecule has 1 fully saturated rings. The number of carbonyl (C=O) groups is 2. The first-order chi connectivity index (χ1) is 15.0. The maximum absolute atomic E-state index is 12.4. The van der Waals surface area contributed by atoms with E-state index in [1.807, 2.05) is 11.5 Å². The van der Waals surface area contributed by atoms with Gasteiger partial charge in [0.15, 0.2) is 11.0 Å². The van der Waals surface area contributed by atoms with E-state index in [1.54, 1.807) is 31.4 Å². The Balaban J connectivity index is 1.52. The lowest BCUT2D eigenvalue weighted by Crippen LogP contribution is -2.41. The summed E-state index contributed by atoms with van der Waals surface area (Å²) in [4.78, 5) is 24.8. The molecule has 1 aliphatic carbocycles. The van der Waals surface area contributed by atoms with E-state index in [0.29, 0.717) is 40.5 Å². The van der Waals surface area contributed by atoms with Crippen molar-refractivity contribution >= 4 is 23.6 Å². The van der Waals surface area contributed by atoms with Crippen LogP contribution in [0.25, 0.3) is 0 Å². The topological polar surface area (TPSA) is 98.1 Å². The van der Waals surface area contributed by atoms with Crippen LogP contribution in [0.2, 0.25) is 0 Å². The van der Waals surface area contributed by atoms with Crippen molar-refractivity contribution in [3.05, 3.63) is 35.7 Å². The number of carbonyl (C=O) groups excluding carboxylic acids is 2. The van der Waals surface area contributed by atoms with E-state index in [2.05, 4.69) is 27.8 Å². The summed E-state index contributed by atoms with van der Waals surface area (Å²) >= 11 is 1.38. The average Bonchev–Trinajstić information content (AvgIpc) is 3.19. The molecule has 31 heavy (non-hydrogen) atoms. The first-order valence-electron chi connectivity index (χ1n) is 10.8. The van der Waals surface area contributed by atoms with Gasteiger partial charge in [-0.3, -0.25) is 9.59 Å². The summed E-state index contributed by atoms with van der Waals surface area (Å²) in [5, 5.41) is 15.2. The lowest BCUT2D eigenvalue weighted by Gasteiger charge is -2.29. The van der Waals surface area contributed by atoms with Crippen LogP contribution in [0.5, 0.6) is 5.75 Å². The molecule has 2 atom stereocenters. The number of nitrogens with one attached hydrogen (secondary N) is 2. The molecule has 1 saturated carbocycles. The van der Waals surface area contributed by atoms with Crippen molar-refractivity contribution in [3.63, 3.8) is 0 Å².